The van der Waals surface area contributed by atoms with E-state index in [0.29, 0.717) is 24.5 Å². The minimum atomic E-state index is -0.304. The fourth-order valence-corrected chi connectivity index (χ4v) is 4.93. The van der Waals surface area contributed by atoms with Gasteiger partial charge in [-0.25, -0.2) is 19.3 Å². The Bertz CT molecular complexity index is 1630. The van der Waals surface area contributed by atoms with Crippen molar-refractivity contribution in [2.45, 2.75) is 6.92 Å². The lowest BCUT2D eigenvalue weighted by Gasteiger charge is -2.31. The Morgan fingerprint density at radius 2 is 1.74 bits per heavy atom. The number of aromatic nitrogens is 3. The number of nitrogens with zero attached hydrogens (tertiary/aromatic N) is 4. The van der Waals surface area contributed by atoms with Gasteiger partial charge >= 0.3 is 0 Å². The van der Waals surface area contributed by atoms with E-state index in [1.165, 1.54) is 6.07 Å². The molecule has 1 aliphatic rings. The number of para-hydroxylation sites is 1. The van der Waals surface area contributed by atoms with Gasteiger partial charge in [-0.15, -0.1) is 0 Å². The van der Waals surface area contributed by atoms with Gasteiger partial charge in [0.05, 0.1) is 47.2 Å². The van der Waals surface area contributed by atoms with Gasteiger partial charge in [-0.05, 0) is 48.9 Å². The van der Waals surface area contributed by atoms with Crippen molar-refractivity contribution in [3.05, 3.63) is 90.4 Å². The van der Waals surface area contributed by atoms with E-state index in [-0.39, 0.29) is 11.8 Å². The fraction of sp³-hybridized carbons (Fsp3) is 0.167. The summed E-state index contributed by atoms with van der Waals surface area (Å²) >= 11 is 0. The van der Waals surface area contributed by atoms with Crippen LogP contribution in [0.15, 0.2) is 79.0 Å². The van der Waals surface area contributed by atoms with Crippen LogP contribution >= 0.6 is 0 Å². The molecule has 7 nitrogen and oxygen atoms in total. The molecule has 38 heavy (non-hydrogen) atoms. The number of pyridine rings is 1. The topological polar surface area (TPSA) is 89.2 Å². The molecule has 0 amide bonds. The number of ether oxygens (including phenoxy) is 1. The van der Waals surface area contributed by atoms with Gasteiger partial charge in [-0.3, -0.25) is 0 Å². The highest BCUT2D eigenvalue weighted by Crippen LogP contribution is 2.39. The summed E-state index contributed by atoms with van der Waals surface area (Å²) in [6, 6.07) is 22.7. The van der Waals surface area contributed by atoms with Crippen LogP contribution < -0.4 is 16.0 Å². The highest BCUT2D eigenvalue weighted by molar-refractivity contribution is 5.99. The van der Waals surface area contributed by atoms with Crippen molar-refractivity contribution < 1.29 is 9.13 Å². The predicted molar refractivity (Wildman–Crippen MR) is 150 cm³/mol. The average molecular weight is 507 g/mol. The zero-order valence-electron chi connectivity index (χ0n) is 21.0. The van der Waals surface area contributed by atoms with Crippen LogP contribution in [-0.4, -0.2) is 41.3 Å². The molecule has 3 aromatic carbocycles. The molecule has 1 aliphatic heterocycles. The highest BCUT2D eigenvalue weighted by Gasteiger charge is 2.20. The minimum absolute atomic E-state index is 0.222. The van der Waals surface area contributed by atoms with Crippen LogP contribution in [0, 0.1) is 12.7 Å². The van der Waals surface area contributed by atoms with Gasteiger partial charge in [0, 0.05) is 35.8 Å². The largest absolute Gasteiger partial charge is 0.378 e. The maximum absolute atomic E-state index is 14.9. The molecule has 0 bridgehead atoms. The number of halogens is 1. The summed E-state index contributed by atoms with van der Waals surface area (Å²) in [5, 5.41) is 4.67. The van der Waals surface area contributed by atoms with Crippen LogP contribution in [0.3, 0.4) is 0 Å². The first kappa shape index (κ1) is 23.8. The highest BCUT2D eigenvalue weighted by atomic mass is 19.1. The second-order valence-corrected chi connectivity index (χ2v) is 9.21. The first-order valence-corrected chi connectivity index (χ1v) is 12.6. The zero-order valence-corrected chi connectivity index (χ0v) is 21.0. The first-order valence-electron chi connectivity index (χ1n) is 12.6. The Balaban J connectivity index is 1.53. The third kappa shape index (κ3) is 4.50. The van der Waals surface area contributed by atoms with Crippen molar-refractivity contribution in [3.8, 4) is 22.5 Å². The van der Waals surface area contributed by atoms with Crippen LogP contribution in [0.1, 0.15) is 5.56 Å². The van der Waals surface area contributed by atoms with Gasteiger partial charge in [-0.2, -0.15) is 0 Å². The van der Waals surface area contributed by atoms with E-state index in [1.54, 1.807) is 18.3 Å². The summed E-state index contributed by atoms with van der Waals surface area (Å²) in [6.45, 7) is 4.87. The third-order valence-corrected chi connectivity index (χ3v) is 6.84. The van der Waals surface area contributed by atoms with Crippen molar-refractivity contribution in [1.82, 2.24) is 15.0 Å². The smallest absolute Gasteiger partial charge is 0.220 e. The van der Waals surface area contributed by atoms with E-state index in [9.17, 15) is 4.39 Å². The van der Waals surface area contributed by atoms with Gasteiger partial charge in [0.25, 0.3) is 0 Å². The van der Waals surface area contributed by atoms with E-state index in [0.717, 1.165) is 57.9 Å². The zero-order chi connectivity index (χ0) is 26.1. The number of morpholine rings is 1. The number of benzene rings is 3. The molecule has 6 rings (SSSR count). The summed E-state index contributed by atoms with van der Waals surface area (Å²) in [5.74, 6) is -0.0820. The molecule has 0 atom stereocenters. The molecule has 0 spiro atoms. The number of anilines is 4. The number of fused-ring (bicyclic) bond motifs is 1. The van der Waals surface area contributed by atoms with Crippen molar-refractivity contribution in [3.63, 3.8) is 0 Å². The lowest BCUT2D eigenvalue weighted by atomic mass is 10.0. The van der Waals surface area contributed by atoms with Crippen LogP contribution in [0.25, 0.3) is 33.4 Å². The number of rotatable bonds is 5. The molecule has 2 aromatic heterocycles. The van der Waals surface area contributed by atoms with Crippen LogP contribution in [0.2, 0.25) is 0 Å². The van der Waals surface area contributed by atoms with Crippen LogP contribution in [-0.2, 0) is 4.74 Å². The van der Waals surface area contributed by atoms with Gasteiger partial charge in [0.15, 0.2) is 0 Å². The lowest BCUT2D eigenvalue weighted by molar-refractivity contribution is 0.123. The maximum Gasteiger partial charge on any atom is 0.220 e. The van der Waals surface area contributed by atoms with Crippen LogP contribution in [0.5, 0.6) is 0 Å². The van der Waals surface area contributed by atoms with E-state index in [2.05, 4.69) is 32.3 Å². The molecular formula is C30H27FN6O. The summed E-state index contributed by atoms with van der Waals surface area (Å²) in [4.78, 5) is 15.6. The average Bonchev–Trinajstić information content (AvgIpc) is 2.95. The number of nitrogens with two attached hydrogens (primary N) is 1. The molecule has 5 aromatic rings. The van der Waals surface area contributed by atoms with E-state index in [4.69, 9.17) is 15.5 Å². The first-order chi connectivity index (χ1) is 18.6. The fourth-order valence-electron chi connectivity index (χ4n) is 4.93. The third-order valence-electron chi connectivity index (χ3n) is 6.84. The van der Waals surface area contributed by atoms with Crippen molar-refractivity contribution in [2.24, 2.45) is 0 Å². The molecule has 3 N–H and O–H groups in total. The summed E-state index contributed by atoms with van der Waals surface area (Å²) < 4.78 is 20.5. The van der Waals surface area contributed by atoms with Crippen molar-refractivity contribution >= 4 is 33.9 Å². The molecule has 8 heteroatoms. The number of hydrogen-bond acceptors (Lipinski definition) is 7. The monoisotopic (exact) mass is 506 g/mol. The Hall–Kier alpha value is -4.56. The second kappa shape index (κ2) is 10.1. The van der Waals surface area contributed by atoms with Gasteiger partial charge < -0.3 is 20.7 Å². The van der Waals surface area contributed by atoms with E-state index < -0.39 is 0 Å². The molecular weight excluding hydrogens is 479 g/mol. The maximum atomic E-state index is 14.9. The van der Waals surface area contributed by atoms with E-state index in [1.807, 2.05) is 49.4 Å². The van der Waals surface area contributed by atoms with Crippen molar-refractivity contribution in [2.75, 3.05) is 42.3 Å². The second-order valence-electron chi connectivity index (χ2n) is 9.21. The molecule has 0 aliphatic carbocycles. The van der Waals surface area contributed by atoms with Gasteiger partial charge in [-0.1, -0.05) is 36.4 Å². The van der Waals surface area contributed by atoms with Gasteiger partial charge in [0.2, 0.25) is 5.95 Å². The molecule has 190 valence electrons. The Kier molecular flexibility index (Phi) is 6.31. The normalized spacial score (nSPS) is 13.6. The Labute approximate surface area is 220 Å². The number of nitrogens with one attached hydrogen (secondary N) is 1. The summed E-state index contributed by atoms with van der Waals surface area (Å²) in [6.07, 6.45) is 1.65. The molecule has 3 heterocycles. The molecule has 0 unspecified atom stereocenters. The van der Waals surface area contributed by atoms with E-state index >= 15 is 0 Å². The minimum Gasteiger partial charge on any atom is -0.378 e. The Morgan fingerprint density at radius 3 is 2.55 bits per heavy atom. The SMILES string of the molecule is Cc1c(-c2ccccc2F)nc2ccccc2c1Nc1cc(-c2ccnc(N)n2)ccc1N1CCOCC1. The van der Waals surface area contributed by atoms with Crippen LogP contribution in [0.4, 0.5) is 27.4 Å². The predicted octanol–water partition coefficient (Wildman–Crippen LogP) is 5.97. The lowest BCUT2D eigenvalue weighted by Crippen LogP contribution is -2.36. The summed E-state index contributed by atoms with van der Waals surface area (Å²) in [5.41, 5.74) is 13.1. The summed E-state index contributed by atoms with van der Waals surface area (Å²) in [7, 11) is 0. The quantitative estimate of drug-likeness (QED) is 0.304. The number of nitrogen functional groups attached to an aromatic ring is 1. The molecule has 1 saturated heterocycles. The molecule has 0 saturated carbocycles. The Morgan fingerprint density at radius 1 is 0.947 bits per heavy atom. The standard InChI is InChI=1S/C30H27FN6O/c1-19-28(21-6-2-4-8-23(21)31)34-25-9-5-3-7-22(25)29(19)35-26-18-20(24-12-13-33-30(32)36-24)10-11-27(26)37-14-16-38-17-15-37/h2-13,18H,14-17H2,1H3,(H,34,35)(H2,32,33,36). The van der Waals surface area contributed by atoms with Gasteiger partial charge in [0.1, 0.15) is 5.82 Å². The van der Waals surface area contributed by atoms with Crippen molar-refractivity contribution in [1.29, 1.82) is 0 Å². The molecule has 1 fully saturated rings. The number of hydrogen-bond donors (Lipinski definition) is 2. The molecule has 0 radical (unpaired) electrons.